The van der Waals surface area contributed by atoms with Crippen LogP contribution in [0.15, 0.2) is 48.5 Å². The zero-order valence-electron chi connectivity index (χ0n) is 12.9. The van der Waals surface area contributed by atoms with Crippen LogP contribution < -0.4 is 19.8 Å². The molecule has 1 heterocycles. The van der Waals surface area contributed by atoms with Crippen molar-refractivity contribution in [2.75, 3.05) is 19.5 Å². The first-order chi connectivity index (χ1) is 10.7. The predicted molar refractivity (Wildman–Crippen MR) is 88.1 cm³/mol. The number of aromatic amines is 1. The smallest absolute Gasteiger partial charge is 0.213 e. The van der Waals surface area contributed by atoms with Crippen LogP contribution in [0.3, 0.4) is 0 Å². The van der Waals surface area contributed by atoms with Gasteiger partial charge >= 0.3 is 0 Å². The van der Waals surface area contributed by atoms with Crippen molar-refractivity contribution in [3.63, 3.8) is 0 Å². The molecule has 0 saturated heterocycles. The second-order valence-corrected chi connectivity index (χ2v) is 5.10. The molecule has 0 amide bonds. The largest absolute Gasteiger partial charge is 0.497 e. The van der Waals surface area contributed by atoms with E-state index in [1.54, 1.807) is 14.2 Å². The second kappa shape index (κ2) is 5.93. The summed E-state index contributed by atoms with van der Waals surface area (Å²) in [6.45, 7) is 2.04. The lowest BCUT2D eigenvalue weighted by molar-refractivity contribution is -0.354. The average molecular weight is 295 g/mol. The molecule has 0 saturated carbocycles. The number of fused-ring (bicyclic) bond motifs is 1. The highest BCUT2D eigenvalue weighted by atomic mass is 16.5. The molecule has 0 unspecified atom stereocenters. The van der Waals surface area contributed by atoms with Gasteiger partial charge in [-0.15, -0.1) is 0 Å². The molecular formula is C18H19N2O2+. The van der Waals surface area contributed by atoms with Crippen molar-refractivity contribution >= 4 is 22.3 Å². The highest BCUT2D eigenvalue weighted by Gasteiger charge is 2.12. The molecule has 112 valence electrons. The van der Waals surface area contributed by atoms with Crippen molar-refractivity contribution in [3.8, 4) is 11.5 Å². The van der Waals surface area contributed by atoms with Gasteiger partial charge in [-0.1, -0.05) is 12.1 Å². The van der Waals surface area contributed by atoms with Crippen molar-refractivity contribution in [1.29, 1.82) is 0 Å². The lowest BCUT2D eigenvalue weighted by Crippen LogP contribution is -2.10. The van der Waals surface area contributed by atoms with Gasteiger partial charge in [-0.3, -0.25) is 0 Å². The summed E-state index contributed by atoms with van der Waals surface area (Å²) in [5, 5.41) is 4.52. The Morgan fingerprint density at radius 3 is 2.50 bits per heavy atom. The van der Waals surface area contributed by atoms with Gasteiger partial charge in [0.05, 0.1) is 31.0 Å². The third-order valence-electron chi connectivity index (χ3n) is 3.59. The SMILES string of the molecule is COc1ccc2[nH+]c(C)cc(Nc3ccccc3OC)c2c1. The van der Waals surface area contributed by atoms with Crippen LogP contribution in [0.25, 0.3) is 10.9 Å². The molecule has 0 radical (unpaired) electrons. The fourth-order valence-electron chi connectivity index (χ4n) is 2.52. The number of rotatable bonds is 4. The number of pyridine rings is 1. The normalized spacial score (nSPS) is 10.5. The monoisotopic (exact) mass is 295 g/mol. The number of nitrogens with one attached hydrogen (secondary N) is 2. The van der Waals surface area contributed by atoms with E-state index in [9.17, 15) is 0 Å². The second-order valence-electron chi connectivity index (χ2n) is 5.10. The minimum Gasteiger partial charge on any atom is -0.497 e. The van der Waals surface area contributed by atoms with E-state index in [-0.39, 0.29) is 0 Å². The Morgan fingerprint density at radius 2 is 1.73 bits per heavy atom. The Bertz CT molecular complexity index is 815. The molecule has 0 atom stereocenters. The molecule has 0 fully saturated rings. The van der Waals surface area contributed by atoms with Crippen LogP contribution in [0.5, 0.6) is 11.5 Å². The molecule has 4 heteroatoms. The third-order valence-corrected chi connectivity index (χ3v) is 3.59. The van der Waals surface area contributed by atoms with Crippen LogP contribution in [0.4, 0.5) is 11.4 Å². The van der Waals surface area contributed by atoms with Crippen LogP contribution in [0.1, 0.15) is 5.69 Å². The van der Waals surface area contributed by atoms with E-state index in [0.717, 1.165) is 39.5 Å². The molecule has 2 aromatic carbocycles. The number of benzene rings is 2. The summed E-state index contributed by atoms with van der Waals surface area (Å²) in [4.78, 5) is 3.37. The van der Waals surface area contributed by atoms with Gasteiger partial charge in [-0.25, -0.2) is 4.98 Å². The Hall–Kier alpha value is -2.75. The molecule has 0 spiro atoms. The van der Waals surface area contributed by atoms with Gasteiger partial charge in [-0.2, -0.15) is 0 Å². The topological polar surface area (TPSA) is 44.6 Å². The van der Waals surface area contributed by atoms with Gasteiger partial charge in [0.25, 0.3) is 0 Å². The molecule has 0 aliphatic heterocycles. The summed E-state index contributed by atoms with van der Waals surface area (Å²) >= 11 is 0. The Labute approximate surface area is 129 Å². The van der Waals surface area contributed by atoms with E-state index in [1.165, 1.54) is 0 Å². The van der Waals surface area contributed by atoms with E-state index in [0.29, 0.717) is 0 Å². The summed E-state index contributed by atoms with van der Waals surface area (Å²) in [5.41, 5.74) is 4.07. The molecule has 0 bridgehead atoms. The molecule has 1 aromatic heterocycles. The van der Waals surface area contributed by atoms with Gasteiger partial charge < -0.3 is 14.8 Å². The number of H-pyrrole nitrogens is 1. The third kappa shape index (κ3) is 2.68. The number of anilines is 2. The average Bonchev–Trinajstić information content (AvgIpc) is 2.55. The summed E-state index contributed by atoms with van der Waals surface area (Å²) in [6.07, 6.45) is 0. The van der Waals surface area contributed by atoms with Crippen LogP contribution in [0, 0.1) is 6.92 Å². The summed E-state index contributed by atoms with van der Waals surface area (Å²) < 4.78 is 10.7. The number of ether oxygens (including phenoxy) is 2. The van der Waals surface area contributed by atoms with E-state index < -0.39 is 0 Å². The van der Waals surface area contributed by atoms with Crippen molar-refractivity contribution in [1.82, 2.24) is 0 Å². The van der Waals surface area contributed by atoms with Crippen LogP contribution in [-0.2, 0) is 0 Å². The number of hydrogen-bond acceptors (Lipinski definition) is 3. The zero-order chi connectivity index (χ0) is 15.5. The van der Waals surface area contributed by atoms with Crippen LogP contribution >= 0.6 is 0 Å². The van der Waals surface area contributed by atoms with Crippen molar-refractivity contribution in [3.05, 3.63) is 54.2 Å². The standard InChI is InChI=1S/C18H18N2O2/c1-12-10-17(20-16-6-4-5-7-18(16)22-3)14-11-13(21-2)8-9-15(14)19-12/h4-11H,1-3H3,(H,19,20)/p+1. The lowest BCUT2D eigenvalue weighted by Gasteiger charge is -2.12. The van der Waals surface area contributed by atoms with E-state index in [1.807, 2.05) is 49.4 Å². The van der Waals surface area contributed by atoms with Gasteiger partial charge in [0.15, 0.2) is 5.69 Å². The molecule has 0 aliphatic rings. The molecule has 4 nitrogen and oxygen atoms in total. The van der Waals surface area contributed by atoms with Crippen LogP contribution in [-0.4, -0.2) is 14.2 Å². The van der Waals surface area contributed by atoms with E-state index >= 15 is 0 Å². The molecule has 2 N–H and O–H groups in total. The first-order valence-electron chi connectivity index (χ1n) is 7.12. The predicted octanol–water partition coefficient (Wildman–Crippen LogP) is 3.72. The number of aromatic nitrogens is 1. The minimum atomic E-state index is 0.809. The summed E-state index contributed by atoms with van der Waals surface area (Å²) in [7, 11) is 3.35. The molecule has 22 heavy (non-hydrogen) atoms. The van der Waals surface area contributed by atoms with Gasteiger partial charge in [0, 0.05) is 19.1 Å². The van der Waals surface area contributed by atoms with Crippen molar-refractivity contribution in [2.24, 2.45) is 0 Å². The first-order valence-corrected chi connectivity index (χ1v) is 7.12. The number of aryl methyl sites for hydroxylation is 1. The molecular weight excluding hydrogens is 276 g/mol. The summed E-state index contributed by atoms with van der Waals surface area (Å²) in [5.74, 6) is 1.64. The lowest BCUT2D eigenvalue weighted by atomic mass is 10.1. The first kappa shape index (κ1) is 14.2. The molecule has 0 aliphatic carbocycles. The Kier molecular flexibility index (Phi) is 3.83. The highest BCUT2D eigenvalue weighted by molar-refractivity contribution is 5.92. The number of methoxy groups -OCH3 is 2. The fraction of sp³-hybridized carbons (Fsp3) is 0.167. The maximum atomic E-state index is 5.41. The van der Waals surface area contributed by atoms with Gasteiger partial charge in [0.1, 0.15) is 11.5 Å². The summed E-state index contributed by atoms with van der Waals surface area (Å²) in [6, 6.07) is 15.9. The highest BCUT2D eigenvalue weighted by Crippen LogP contribution is 2.31. The van der Waals surface area contributed by atoms with Gasteiger partial charge in [0.2, 0.25) is 5.52 Å². The van der Waals surface area contributed by atoms with Gasteiger partial charge in [-0.05, 0) is 24.3 Å². The van der Waals surface area contributed by atoms with E-state index in [4.69, 9.17) is 9.47 Å². The number of para-hydroxylation sites is 2. The Morgan fingerprint density at radius 1 is 0.909 bits per heavy atom. The molecule has 3 aromatic rings. The zero-order valence-corrected chi connectivity index (χ0v) is 12.9. The fourth-order valence-corrected chi connectivity index (χ4v) is 2.52. The minimum absolute atomic E-state index is 0.809. The Balaban J connectivity index is 2.12. The number of hydrogen-bond donors (Lipinski definition) is 1. The van der Waals surface area contributed by atoms with Crippen molar-refractivity contribution in [2.45, 2.75) is 6.92 Å². The quantitative estimate of drug-likeness (QED) is 0.797. The molecule has 3 rings (SSSR count). The van der Waals surface area contributed by atoms with Crippen molar-refractivity contribution < 1.29 is 14.5 Å². The maximum Gasteiger partial charge on any atom is 0.213 e. The maximum absolute atomic E-state index is 5.41. The van der Waals surface area contributed by atoms with Crippen LogP contribution in [0.2, 0.25) is 0 Å². The van der Waals surface area contributed by atoms with E-state index in [2.05, 4.69) is 16.4 Å².